The molecule has 0 radical (unpaired) electrons. The SMILES string of the molecule is CN(C)c1cc(CC2CCN(Cc3ccccc3)CC2)c(O)c2c1C[C@H]1C[C@H]3[C@H](N(C)C)C(O)=C(C(N)=O)C(=O)[C@@]3(O)C(O)=C1C2=O. The van der Waals surface area contributed by atoms with Crippen LogP contribution in [0.3, 0.4) is 0 Å². The van der Waals surface area contributed by atoms with Gasteiger partial charge in [-0.05, 0) is 93.9 Å². The maximum Gasteiger partial charge on any atom is 0.255 e. The summed E-state index contributed by atoms with van der Waals surface area (Å²) < 4.78 is 0. The van der Waals surface area contributed by atoms with Crippen LogP contribution in [-0.4, -0.2) is 101 Å². The van der Waals surface area contributed by atoms with Crippen molar-refractivity contribution in [2.24, 2.45) is 23.5 Å². The summed E-state index contributed by atoms with van der Waals surface area (Å²) in [7, 11) is 6.98. The number of likely N-dealkylation sites (N-methyl/N-ethyl adjacent to an activating group) is 1. The molecule has 250 valence electrons. The molecule has 0 unspecified atom stereocenters. The van der Waals surface area contributed by atoms with Crippen LogP contribution in [0, 0.1) is 17.8 Å². The largest absolute Gasteiger partial charge is 0.510 e. The summed E-state index contributed by atoms with van der Waals surface area (Å²) in [5, 5.41) is 46.2. The number of benzene rings is 2. The molecule has 1 saturated heterocycles. The highest BCUT2D eigenvalue weighted by Gasteiger charge is 2.63. The molecule has 1 amide bonds. The number of aliphatic hydroxyl groups is 3. The molecule has 1 aliphatic heterocycles. The van der Waals surface area contributed by atoms with Gasteiger partial charge in [0.2, 0.25) is 5.78 Å². The van der Waals surface area contributed by atoms with Gasteiger partial charge in [0.15, 0.2) is 11.4 Å². The first-order valence-corrected chi connectivity index (χ1v) is 16.2. The van der Waals surface area contributed by atoms with Gasteiger partial charge in [-0.25, -0.2) is 0 Å². The Morgan fingerprint density at radius 3 is 2.30 bits per heavy atom. The van der Waals surface area contributed by atoms with Gasteiger partial charge in [-0.1, -0.05) is 30.3 Å². The number of rotatable bonds is 7. The van der Waals surface area contributed by atoms with Crippen LogP contribution < -0.4 is 10.6 Å². The van der Waals surface area contributed by atoms with Crippen LogP contribution in [-0.2, 0) is 29.0 Å². The highest BCUT2D eigenvalue weighted by molar-refractivity contribution is 6.25. The first kappa shape index (κ1) is 32.7. The number of Topliss-reactive ketones (excluding diaryl/α,β-unsaturated/α-hetero) is 2. The number of ketones is 2. The van der Waals surface area contributed by atoms with Crippen LogP contribution in [0.15, 0.2) is 59.1 Å². The van der Waals surface area contributed by atoms with E-state index >= 15 is 0 Å². The van der Waals surface area contributed by atoms with Gasteiger partial charge in [0.1, 0.15) is 22.8 Å². The van der Waals surface area contributed by atoms with Gasteiger partial charge in [-0.3, -0.25) is 24.2 Å². The lowest BCUT2D eigenvalue weighted by atomic mass is 9.58. The molecule has 4 aliphatic rings. The van der Waals surface area contributed by atoms with Gasteiger partial charge < -0.3 is 31.1 Å². The van der Waals surface area contributed by atoms with Crippen molar-refractivity contribution in [3.63, 3.8) is 0 Å². The average molecular weight is 645 g/mol. The number of aromatic hydroxyl groups is 1. The van der Waals surface area contributed by atoms with Gasteiger partial charge in [0.05, 0.1) is 11.6 Å². The fourth-order valence-electron chi connectivity index (χ4n) is 8.41. The molecular formula is C36H44N4O7. The van der Waals surface area contributed by atoms with E-state index in [1.165, 1.54) is 5.56 Å². The molecule has 6 rings (SSSR count). The van der Waals surface area contributed by atoms with Crippen molar-refractivity contribution in [2.75, 3.05) is 46.2 Å². The van der Waals surface area contributed by atoms with E-state index in [0.717, 1.165) is 38.2 Å². The number of amides is 1. The number of piperidine rings is 1. The lowest BCUT2D eigenvalue weighted by Gasteiger charge is -2.50. The number of nitrogens with zero attached hydrogens (tertiary/aromatic N) is 3. The maximum absolute atomic E-state index is 14.3. The smallest absolute Gasteiger partial charge is 0.255 e. The van der Waals surface area contributed by atoms with Crippen molar-refractivity contribution in [2.45, 2.75) is 50.3 Å². The Labute approximate surface area is 274 Å². The normalized spacial score (nSPS) is 26.7. The molecule has 0 bridgehead atoms. The summed E-state index contributed by atoms with van der Waals surface area (Å²) in [4.78, 5) is 46.1. The van der Waals surface area contributed by atoms with E-state index in [9.17, 15) is 34.8 Å². The maximum atomic E-state index is 14.3. The second kappa shape index (κ2) is 12.1. The van der Waals surface area contributed by atoms with E-state index < -0.39 is 58.0 Å². The monoisotopic (exact) mass is 644 g/mol. The zero-order valence-corrected chi connectivity index (χ0v) is 27.4. The van der Waals surface area contributed by atoms with Crippen LogP contribution in [0.5, 0.6) is 5.75 Å². The van der Waals surface area contributed by atoms with Gasteiger partial charge >= 0.3 is 0 Å². The number of allylic oxidation sites excluding steroid dienone is 1. The Balaban J connectivity index is 1.35. The number of primary amides is 1. The molecule has 2 aromatic carbocycles. The predicted molar refractivity (Wildman–Crippen MR) is 176 cm³/mol. The molecule has 11 nitrogen and oxygen atoms in total. The van der Waals surface area contributed by atoms with E-state index in [2.05, 4.69) is 17.0 Å². The molecular weight excluding hydrogens is 600 g/mol. The number of nitrogens with two attached hydrogens (primary N) is 1. The summed E-state index contributed by atoms with van der Waals surface area (Å²) in [5.74, 6) is -6.08. The van der Waals surface area contributed by atoms with Crippen LogP contribution in [0.1, 0.15) is 46.3 Å². The topological polar surface area (TPSA) is 168 Å². The number of carbonyl (C=O) groups excluding carboxylic acids is 3. The second-order valence-electron chi connectivity index (χ2n) is 14.0. The average Bonchev–Trinajstić information content (AvgIpc) is 3.01. The minimum atomic E-state index is -2.66. The Morgan fingerprint density at radius 1 is 1.04 bits per heavy atom. The molecule has 0 aromatic heterocycles. The van der Waals surface area contributed by atoms with Gasteiger partial charge in [-0.2, -0.15) is 0 Å². The summed E-state index contributed by atoms with van der Waals surface area (Å²) in [6.45, 7) is 2.73. The molecule has 0 spiro atoms. The van der Waals surface area contributed by atoms with Crippen molar-refractivity contribution in [1.82, 2.24) is 9.80 Å². The lowest BCUT2D eigenvalue weighted by molar-refractivity contribution is -0.148. The fourth-order valence-corrected chi connectivity index (χ4v) is 8.41. The number of fused-ring (bicyclic) bond motifs is 3. The summed E-state index contributed by atoms with van der Waals surface area (Å²) >= 11 is 0. The lowest BCUT2D eigenvalue weighted by Crippen LogP contribution is -2.63. The summed E-state index contributed by atoms with van der Waals surface area (Å²) in [6.07, 6.45) is 2.77. The van der Waals surface area contributed by atoms with Crippen LogP contribution in [0.4, 0.5) is 5.69 Å². The molecule has 0 saturated carbocycles. The van der Waals surface area contributed by atoms with Gasteiger partial charge in [0.25, 0.3) is 5.91 Å². The van der Waals surface area contributed by atoms with Gasteiger partial charge in [-0.15, -0.1) is 0 Å². The molecule has 2 aromatic rings. The zero-order chi connectivity index (χ0) is 33.9. The number of phenols is 1. The van der Waals surface area contributed by atoms with Gasteiger partial charge in [0, 0.05) is 37.8 Å². The van der Waals surface area contributed by atoms with Crippen molar-refractivity contribution >= 4 is 23.2 Å². The number of phenolic OH excluding ortho intramolecular Hbond substituents is 1. The third-order valence-electron chi connectivity index (χ3n) is 10.7. The zero-order valence-electron chi connectivity index (χ0n) is 27.4. The summed E-state index contributed by atoms with van der Waals surface area (Å²) in [6, 6.07) is 11.3. The third-order valence-corrected chi connectivity index (χ3v) is 10.7. The minimum Gasteiger partial charge on any atom is -0.510 e. The second-order valence-corrected chi connectivity index (χ2v) is 14.0. The molecule has 3 aliphatic carbocycles. The van der Waals surface area contributed by atoms with Crippen molar-refractivity contribution in [3.8, 4) is 5.75 Å². The highest BCUT2D eigenvalue weighted by Crippen LogP contribution is 2.53. The third kappa shape index (κ3) is 5.30. The van der Waals surface area contributed by atoms with Crippen molar-refractivity contribution in [3.05, 3.63) is 81.3 Å². The van der Waals surface area contributed by atoms with E-state index in [0.29, 0.717) is 23.5 Å². The molecule has 4 atom stereocenters. The Kier molecular flexibility index (Phi) is 8.44. The Bertz CT molecular complexity index is 1690. The number of hydrogen-bond acceptors (Lipinski definition) is 10. The van der Waals surface area contributed by atoms with E-state index in [1.54, 1.807) is 19.0 Å². The minimum absolute atomic E-state index is 0.0582. The first-order valence-electron chi connectivity index (χ1n) is 16.2. The quantitative estimate of drug-likeness (QED) is 0.283. The van der Waals surface area contributed by atoms with E-state index in [1.807, 2.05) is 43.3 Å². The number of carbonyl (C=O) groups is 3. The first-order chi connectivity index (χ1) is 22.2. The fraction of sp³-hybridized carbons (Fsp3) is 0.472. The number of likely N-dealkylation sites (tertiary alicyclic amines) is 1. The molecule has 47 heavy (non-hydrogen) atoms. The summed E-state index contributed by atoms with van der Waals surface area (Å²) in [5.41, 5.74) is 5.22. The molecule has 1 heterocycles. The van der Waals surface area contributed by atoms with Crippen molar-refractivity contribution in [1.29, 1.82) is 0 Å². The Morgan fingerprint density at radius 2 is 1.70 bits per heavy atom. The molecule has 1 fully saturated rings. The highest BCUT2D eigenvalue weighted by atomic mass is 16.3. The molecule has 6 N–H and O–H groups in total. The van der Waals surface area contributed by atoms with Crippen LogP contribution in [0.2, 0.25) is 0 Å². The van der Waals surface area contributed by atoms with Crippen LogP contribution in [0.25, 0.3) is 0 Å². The molecule has 11 heteroatoms. The van der Waals surface area contributed by atoms with E-state index in [-0.39, 0.29) is 29.7 Å². The van der Waals surface area contributed by atoms with E-state index in [4.69, 9.17) is 5.73 Å². The number of hydrogen-bond donors (Lipinski definition) is 5. The van der Waals surface area contributed by atoms with Crippen molar-refractivity contribution < 1.29 is 34.8 Å². The number of anilines is 1. The Hall–Kier alpha value is -4.19. The predicted octanol–water partition coefficient (Wildman–Crippen LogP) is 2.64. The number of aliphatic hydroxyl groups excluding tert-OH is 2. The van der Waals surface area contributed by atoms with Crippen LogP contribution >= 0.6 is 0 Å². The standard InChI is InChI=1S/C36H44N4O7/c1-38(2)25-17-22(14-19-10-12-40(13-11-19)18-20-8-6-5-7-9-20)30(41)27-23(25)15-21-16-24-29(39(3)4)32(43)28(35(37)46)34(45)36(24,47)33(44)26(21)31(27)42/h5-9,17,19,21,24,29,41,43-44,47H,10-16,18H2,1-4H3,(H2,37,46)/t21-,24-,29-,36-/m0/s1.